The molecule has 4 aromatic rings. The van der Waals surface area contributed by atoms with Crippen LogP contribution in [0.2, 0.25) is 0 Å². The van der Waals surface area contributed by atoms with Crippen molar-refractivity contribution in [1.29, 1.82) is 0 Å². The summed E-state index contributed by atoms with van der Waals surface area (Å²) in [6, 6.07) is 31.6. The molecule has 0 atom stereocenters. The molecule has 160 valence electrons. The summed E-state index contributed by atoms with van der Waals surface area (Å²) < 4.78 is 8.22. The Bertz CT molecular complexity index is 1050. The van der Waals surface area contributed by atoms with Gasteiger partial charge in [0.2, 0.25) is 0 Å². The molecular formula is C29H28N2O. The summed E-state index contributed by atoms with van der Waals surface area (Å²) in [5, 5.41) is 4.93. The molecule has 0 amide bonds. The van der Waals surface area contributed by atoms with Gasteiger partial charge in [-0.1, -0.05) is 103 Å². The van der Waals surface area contributed by atoms with Crippen molar-refractivity contribution in [2.24, 2.45) is 0 Å². The molecule has 0 saturated heterocycles. The van der Waals surface area contributed by atoms with Crippen LogP contribution in [0, 0.1) is 0 Å². The van der Waals surface area contributed by atoms with E-state index >= 15 is 0 Å². The number of hydrogen-bond donors (Lipinski definition) is 0. The van der Waals surface area contributed by atoms with Crippen molar-refractivity contribution in [3.05, 3.63) is 145 Å². The van der Waals surface area contributed by atoms with Crippen molar-refractivity contribution in [2.75, 3.05) is 6.61 Å². The van der Waals surface area contributed by atoms with Gasteiger partial charge in [0.15, 0.2) is 5.75 Å². The molecule has 0 bridgehead atoms. The lowest BCUT2D eigenvalue weighted by Crippen LogP contribution is -2.39. The van der Waals surface area contributed by atoms with Gasteiger partial charge in [0.1, 0.15) is 5.54 Å². The van der Waals surface area contributed by atoms with Crippen LogP contribution in [-0.2, 0) is 12.0 Å². The number of nitrogens with zero attached hydrogens (tertiary/aromatic N) is 2. The van der Waals surface area contributed by atoms with Crippen molar-refractivity contribution in [1.82, 2.24) is 9.78 Å². The molecular weight excluding hydrogens is 392 g/mol. The van der Waals surface area contributed by atoms with Crippen molar-refractivity contribution in [3.8, 4) is 5.75 Å². The Hall–Kier alpha value is -3.85. The second-order valence-electron chi connectivity index (χ2n) is 7.59. The first-order valence-electron chi connectivity index (χ1n) is 10.9. The van der Waals surface area contributed by atoms with Crippen LogP contribution in [0.4, 0.5) is 0 Å². The van der Waals surface area contributed by atoms with E-state index in [-0.39, 0.29) is 0 Å². The third-order valence-corrected chi connectivity index (χ3v) is 5.64. The van der Waals surface area contributed by atoms with Crippen LogP contribution in [0.25, 0.3) is 0 Å². The van der Waals surface area contributed by atoms with E-state index in [0.717, 1.165) is 34.6 Å². The largest absolute Gasteiger partial charge is 0.490 e. The molecule has 1 heterocycles. The molecule has 4 rings (SSSR count). The van der Waals surface area contributed by atoms with E-state index < -0.39 is 5.54 Å². The highest BCUT2D eigenvalue weighted by atomic mass is 16.5. The highest BCUT2D eigenvalue weighted by molar-refractivity contribution is 5.51. The first kappa shape index (κ1) is 21.4. The molecule has 3 aromatic carbocycles. The fourth-order valence-electron chi connectivity index (χ4n) is 4.25. The maximum absolute atomic E-state index is 6.11. The normalized spacial score (nSPS) is 11.1. The molecule has 0 saturated carbocycles. The van der Waals surface area contributed by atoms with Gasteiger partial charge >= 0.3 is 0 Å². The first-order chi connectivity index (χ1) is 15.8. The fraction of sp³-hybridized carbons (Fsp3) is 0.138. The average molecular weight is 421 g/mol. The highest BCUT2D eigenvalue weighted by Gasteiger charge is 2.41. The van der Waals surface area contributed by atoms with Crippen molar-refractivity contribution in [3.63, 3.8) is 0 Å². The van der Waals surface area contributed by atoms with E-state index in [0.29, 0.717) is 13.0 Å². The third-order valence-electron chi connectivity index (χ3n) is 5.64. The molecule has 0 fully saturated rings. The maximum atomic E-state index is 6.11. The van der Waals surface area contributed by atoms with Crippen LogP contribution in [0.3, 0.4) is 0 Å². The molecule has 0 unspecified atom stereocenters. The number of hydrogen-bond acceptors (Lipinski definition) is 2. The Balaban J connectivity index is 2.05. The summed E-state index contributed by atoms with van der Waals surface area (Å²) in [6.45, 7) is 8.36. The summed E-state index contributed by atoms with van der Waals surface area (Å²) in [5.41, 5.74) is 3.71. The number of rotatable bonds is 10. The molecule has 0 aliphatic carbocycles. The van der Waals surface area contributed by atoms with E-state index in [2.05, 4.69) is 90.6 Å². The third kappa shape index (κ3) is 3.90. The molecule has 3 nitrogen and oxygen atoms in total. The Morgan fingerprint density at radius 3 is 1.69 bits per heavy atom. The zero-order chi connectivity index (χ0) is 22.2. The Morgan fingerprint density at radius 1 is 0.750 bits per heavy atom. The Labute approximate surface area is 190 Å². The van der Waals surface area contributed by atoms with Crippen LogP contribution in [-0.4, -0.2) is 16.4 Å². The van der Waals surface area contributed by atoms with Crippen molar-refractivity contribution < 1.29 is 4.74 Å². The van der Waals surface area contributed by atoms with Crippen molar-refractivity contribution in [2.45, 2.75) is 18.4 Å². The second kappa shape index (κ2) is 9.97. The Morgan fingerprint density at radius 2 is 1.25 bits per heavy atom. The van der Waals surface area contributed by atoms with Gasteiger partial charge in [-0.15, -0.1) is 13.2 Å². The van der Waals surface area contributed by atoms with Gasteiger partial charge in [0.25, 0.3) is 0 Å². The van der Waals surface area contributed by atoms with Gasteiger partial charge in [0.05, 0.1) is 18.5 Å². The predicted molar refractivity (Wildman–Crippen MR) is 131 cm³/mol. The maximum Gasteiger partial charge on any atom is 0.160 e. The predicted octanol–water partition coefficient (Wildman–Crippen LogP) is 6.41. The van der Waals surface area contributed by atoms with Crippen LogP contribution in [0.1, 0.15) is 28.8 Å². The highest BCUT2D eigenvalue weighted by Crippen LogP contribution is 2.42. The minimum atomic E-state index is -0.665. The second-order valence-corrected chi connectivity index (χ2v) is 7.59. The minimum Gasteiger partial charge on any atom is -0.490 e. The van der Waals surface area contributed by atoms with Gasteiger partial charge in [-0.25, -0.2) is 4.68 Å². The van der Waals surface area contributed by atoms with Crippen molar-refractivity contribution >= 4 is 0 Å². The van der Waals surface area contributed by atoms with Gasteiger partial charge in [-0.2, -0.15) is 5.10 Å². The van der Waals surface area contributed by atoms with E-state index in [1.54, 1.807) is 0 Å². The smallest absolute Gasteiger partial charge is 0.160 e. The molecule has 32 heavy (non-hydrogen) atoms. The van der Waals surface area contributed by atoms with Crippen LogP contribution in [0.15, 0.2) is 123 Å². The quantitative estimate of drug-likeness (QED) is 0.168. The van der Waals surface area contributed by atoms with E-state index in [9.17, 15) is 0 Å². The summed E-state index contributed by atoms with van der Waals surface area (Å²) in [4.78, 5) is 0. The summed E-state index contributed by atoms with van der Waals surface area (Å²) in [6.07, 6.45) is 7.00. The van der Waals surface area contributed by atoms with Gasteiger partial charge in [-0.3, -0.25) is 0 Å². The lowest BCUT2D eigenvalue weighted by Gasteiger charge is -2.37. The summed E-state index contributed by atoms with van der Waals surface area (Å²) in [5.74, 6) is 0.777. The summed E-state index contributed by atoms with van der Waals surface area (Å²) in [7, 11) is 0. The Kier molecular flexibility index (Phi) is 6.66. The standard InChI is InChI=1S/C29H28N2O/c1-3-5-22-32-28-23-30-31(27(28)15-4-2)29(24-16-9-6-10-17-24,25-18-11-7-12-19-25)26-20-13-8-14-21-26/h3-4,6-14,16-21,23H,1-2,5,15,22H2. The lowest BCUT2D eigenvalue weighted by molar-refractivity contribution is 0.319. The van der Waals surface area contributed by atoms with Gasteiger partial charge < -0.3 is 4.74 Å². The topological polar surface area (TPSA) is 27.1 Å². The molecule has 1 aromatic heterocycles. The number of aromatic nitrogens is 2. The van der Waals surface area contributed by atoms with Gasteiger partial charge in [-0.05, 0) is 23.1 Å². The van der Waals surface area contributed by atoms with E-state index in [1.807, 2.05) is 36.5 Å². The molecule has 3 heteroatoms. The first-order valence-corrected chi connectivity index (χ1v) is 10.9. The zero-order valence-electron chi connectivity index (χ0n) is 18.2. The van der Waals surface area contributed by atoms with E-state index in [4.69, 9.17) is 9.84 Å². The summed E-state index contributed by atoms with van der Waals surface area (Å²) >= 11 is 0. The molecule has 0 radical (unpaired) electrons. The number of benzene rings is 3. The minimum absolute atomic E-state index is 0.564. The molecule has 0 aliphatic heterocycles. The number of ether oxygens (including phenoxy) is 1. The van der Waals surface area contributed by atoms with Crippen LogP contribution in [0.5, 0.6) is 5.75 Å². The fourth-order valence-corrected chi connectivity index (χ4v) is 4.25. The van der Waals surface area contributed by atoms with E-state index in [1.165, 1.54) is 0 Å². The molecule has 0 aliphatic rings. The lowest BCUT2D eigenvalue weighted by atomic mass is 9.77. The zero-order valence-corrected chi connectivity index (χ0v) is 18.2. The van der Waals surface area contributed by atoms with Crippen LogP contribution < -0.4 is 4.74 Å². The average Bonchev–Trinajstić information content (AvgIpc) is 3.25. The monoisotopic (exact) mass is 420 g/mol. The molecule has 0 N–H and O–H groups in total. The van der Waals surface area contributed by atoms with Gasteiger partial charge in [0, 0.05) is 6.42 Å². The number of allylic oxidation sites excluding steroid dienone is 1. The van der Waals surface area contributed by atoms with Crippen LogP contribution >= 0.6 is 0 Å². The molecule has 0 spiro atoms. The SMILES string of the molecule is C=CCCOc1cnn(C(c2ccccc2)(c2ccccc2)c2ccccc2)c1CC=C.